The second-order valence-corrected chi connectivity index (χ2v) is 4.94. The lowest BCUT2D eigenvalue weighted by Crippen LogP contribution is -2.54. The highest BCUT2D eigenvalue weighted by atomic mass is 16.5. The van der Waals surface area contributed by atoms with Crippen LogP contribution in [0.5, 0.6) is 0 Å². The van der Waals surface area contributed by atoms with E-state index < -0.39 is 5.54 Å². The van der Waals surface area contributed by atoms with Crippen LogP contribution in [0.4, 0.5) is 0 Å². The molecule has 1 heterocycles. The van der Waals surface area contributed by atoms with Gasteiger partial charge in [-0.15, -0.1) is 0 Å². The summed E-state index contributed by atoms with van der Waals surface area (Å²) in [5.74, 6) is -0.500. The predicted molar refractivity (Wildman–Crippen MR) is 64.2 cm³/mol. The number of hydrogen-bond donors (Lipinski definition) is 1. The second-order valence-electron chi connectivity index (χ2n) is 4.94. The number of nitrogens with zero attached hydrogens (tertiary/aromatic N) is 1. The van der Waals surface area contributed by atoms with Gasteiger partial charge in [-0.3, -0.25) is 14.5 Å². The van der Waals surface area contributed by atoms with E-state index in [1.54, 1.807) is 6.92 Å². The molecule has 2 N–H and O–H groups in total. The van der Waals surface area contributed by atoms with E-state index in [1.807, 2.05) is 13.8 Å². The molecule has 5 nitrogen and oxygen atoms in total. The van der Waals surface area contributed by atoms with E-state index in [1.165, 1.54) is 0 Å². The Morgan fingerprint density at radius 3 is 2.29 bits per heavy atom. The monoisotopic (exact) mass is 242 g/mol. The van der Waals surface area contributed by atoms with E-state index in [9.17, 15) is 9.59 Å². The minimum atomic E-state index is -0.626. The lowest BCUT2D eigenvalue weighted by molar-refractivity contribution is -0.156. The molecule has 1 rings (SSSR count). The van der Waals surface area contributed by atoms with E-state index in [2.05, 4.69) is 4.90 Å². The Hall–Kier alpha value is -1.10. The van der Waals surface area contributed by atoms with Gasteiger partial charge in [-0.2, -0.15) is 0 Å². The van der Waals surface area contributed by atoms with Crippen LogP contribution in [-0.2, 0) is 14.3 Å². The van der Waals surface area contributed by atoms with Crippen LogP contribution in [0, 0.1) is 5.92 Å². The van der Waals surface area contributed by atoms with Gasteiger partial charge in [0.05, 0.1) is 6.61 Å². The first-order chi connectivity index (χ1) is 7.89. The van der Waals surface area contributed by atoms with E-state index in [4.69, 9.17) is 10.5 Å². The van der Waals surface area contributed by atoms with E-state index in [-0.39, 0.29) is 17.8 Å². The number of hydrogen-bond acceptors (Lipinski definition) is 4. The number of nitrogens with two attached hydrogens (primary N) is 1. The van der Waals surface area contributed by atoms with E-state index in [0.717, 1.165) is 12.8 Å². The van der Waals surface area contributed by atoms with Crippen molar-refractivity contribution in [3.8, 4) is 0 Å². The largest absolute Gasteiger partial charge is 0.465 e. The predicted octanol–water partition coefficient (Wildman–Crippen LogP) is 0.525. The average Bonchev–Trinajstić information content (AvgIpc) is 2.29. The van der Waals surface area contributed by atoms with Gasteiger partial charge in [-0.25, -0.2) is 0 Å². The highest BCUT2D eigenvalue weighted by Gasteiger charge is 2.38. The van der Waals surface area contributed by atoms with Gasteiger partial charge in [-0.1, -0.05) is 0 Å². The molecule has 0 radical (unpaired) electrons. The number of amides is 1. The summed E-state index contributed by atoms with van der Waals surface area (Å²) in [5, 5.41) is 0. The zero-order chi connectivity index (χ0) is 13.1. The number of esters is 1. The Balaban J connectivity index is 2.58. The van der Waals surface area contributed by atoms with Gasteiger partial charge < -0.3 is 10.5 Å². The fourth-order valence-corrected chi connectivity index (χ4v) is 2.16. The molecule has 17 heavy (non-hydrogen) atoms. The first kappa shape index (κ1) is 14.0. The summed E-state index contributed by atoms with van der Waals surface area (Å²) in [7, 11) is 0. The number of carbonyl (C=O) groups excluding carboxylic acids is 2. The first-order valence-electron chi connectivity index (χ1n) is 6.11. The molecular formula is C12H22N2O3. The molecule has 98 valence electrons. The number of primary amides is 1. The van der Waals surface area contributed by atoms with Crippen LogP contribution < -0.4 is 5.73 Å². The molecule has 0 saturated carbocycles. The SMILES string of the molecule is CCOC(=O)C(C)(C)N1CCC(C(N)=O)CC1. The third-order valence-corrected chi connectivity index (χ3v) is 3.46. The molecule has 0 atom stereocenters. The van der Waals surface area contributed by atoms with Crippen LogP contribution in [0.15, 0.2) is 0 Å². The molecule has 5 heteroatoms. The molecule has 0 aromatic carbocycles. The smallest absolute Gasteiger partial charge is 0.325 e. The first-order valence-corrected chi connectivity index (χ1v) is 6.11. The number of carbonyl (C=O) groups is 2. The Bertz CT molecular complexity index is 294. The van der Waals surface area contributed by atoms with Crippen molar-refractivity contribution in [2.75, 3.05) is 19.7 Å². The third kappa shape index (κ3) is 3.19. The molecule has 1 saturated heterocycles. The van der Waals surface area contributed by atoms with Gasteiger partial charge >= 0.3 is 5.97 Å². The van der Waals surface area contributed by atoms with Crippen LogP contribution in [-0.4, -0.2) is 42.0 Å². The minimum absolute atomic E-state index is 0.0516. The lowest BCUT2D eigenvalue weighted by Gasteiger charge is -2.40. The van der Waals surface area contributed by atoms with Gasteiger partial charge in [0.1, 0.15) is 5.54 Å². The van der Waals surface area contributed by atoms with Crippen molar-refractivity contribution in [3.05, 3.63) is 0 Å². The van der Waals surface area contributed by atoms with Crippen LogP contribution in [0.1, 0.15) is 33.6 Å². The number of rotatable bonds is 4. The molecular weight excluding hydrogens is 220 g/mol. The normalized spacial score (nSPS) is 19.0. The number of ether oxygens (including phenoxy) is 1. The summed E-state index contributed by atoms with van der Waals surface area (Å²) >= 11 is 0. The van der Waals surface area contributed by atoms with Gasteiger partial charge in [0, 0.05) is 5.92 Å². The summed E-state index contributed by atoms with van der Waals surface area (Å²) in [4.78, 5) is 24.9. The molecule has 1 aliphatic rings. The van der Waals surface area contributed by atoms with Crippen molar-refractivity contribution >= 4 is 11.9 Å². The Kier molecular flexibility index (Phi) is 4.51. The molecule has 0 spiro atoms. The van der Waals surface area contributed by atoms with Gasteiger partial charge in [0.25, 0.3) is 0 Å². The fraction of sp³-hybridized carbons (Fsp3) is 0.833. The van der Waals surface area contributed by atoms with Crippen molar-refractivity contribution in [2.24, 2.45) is 11.7 Å². The third-order valence-electron chi connectivity index (χ3n) is 3.46. The van der Waals surface area contributed by atoms with Gasteiger partial charge in [0.2, 0.25) is 5.91 Å². The van der Waals surface area contributed by atoms with Crippen LogP contribution >= 0.6 is 0 Å². The summed E-state index contributed by atoms with van der Waals surface area (Å²) in [6, 6.07) is 0. The maximum absolute atomic E-state index is 11.8. The lowest BCUT2D eigenvalue weighted by atomic mass is 9.92. The van der Waals surface area contributed by atoms with Crippen LogP contribution in [0.2, 0.25) is 0 Å². The molecule has 0 unspecified atom stereocenters. The maximum Gasteiger partial charge on any atom is 0.325 e. The molecule has 1 aliphatic heterocycles. The second kappa shape index (κ2) is 5.49. The van der Waals surface area contributed by atoms with Crippen molar-refractivity contribution in [2.45, 2.75) is 39.2 Å². The molecule has 0 aromatic heterocycles. The van der Waals surface area contributed by atoms with Crippen molar-refractivity contribution in [1.29, 1.82) is 0 Å². The maximum atomic E-state index is 11.8. The molecule has 0 aliphatic carbocycles. The van der Waals surface area contributed by atoms with Gasteiger partial charge in [0.15, 0.2) is 0 Å². The Morgan fingerprint density at radius 2 is 1.88 bits per heavy atom. The minimum Gasteiger partial charge on any atom is -0.465 e. The quantitative estimate of drug-likeness (QED) is 0.730. The van der Waals surface area contributed by atoms with Crippen molar-refractivity contribution in [1.82, 2.24) is 4.90 Å². The summed E-state index contributed by atoms with van der Waals surface area (Å²) in [6.45, 7) is 7.32. The standard InChI is InChI=1S/C12H22N2O3/c1-4-17-11(16)12(2,3)14-7-5-9(6-8-14)10(13)15/h9H,4-8H2,1-3H3,(H2,13,15). The number of likely N-dealkylation sites (tertiary alicyclic amines) is 1. The van der Waals surface area contributed by atoms with Crippen molar-refractivity contribution < 1.29 is 14.3 Å². The fourth-order valence-electron chi connectivity index (χ4n) is 2.16. The Morgan fingerprint density at radius 1 is 1.35 bits per heavy atom. The zero-order valence-electron chi connectivity index (χ0n) is 10.9. The molecule has 0 aromatic rings. The zero-order valence-corrected chi connectivity index (χ0v) is 10.9. The van der Waals surface area contributed by atoms with E-state index in [0.29, 0.717) is 19.7 Å². The molecule has 0 bridgehead atoms. The number of piperidine rings is 1. The average molecular weight is 242 g/mol. The van der Waals surface area contributed by atoms with Gasteiger partial charge in [-0.05, 0) is 46.7 Å². The Labute approximate surface area is 102 Å². The molecule has 1 amide bonds. The summed E-state index contributed by atoms with van der Waals surface area (Å²) in [5.41, 5.74) is 4.65. The van der Waals surface area contributed by atoms with Crippen LogP contribution in [0.25, 0.3) is 0 Å². The van der Waals surface area contributed by atoms with E-state index >= 15 is 0 Å². The van der Waals surface area contributed by atoms with Crippen LogP contribution in [0.3, 0.4) is 0 Å². The molecule has 1 fully saturated rings. The topological polar surface area (TPSA) is 72.6 Å². The summed E-state index contributed by atoms with van der Waals surface area (Å²) in [6.07, 6.45) is 1.44. The highest BCUT2D eigenvalue weighted by Crippen LogP contribution is 2.24. The highest BCUT2D eigenvalue weighted by molar-refractivity contribution is 5.80. The van der Waals surface area contributed by atoms with Crippen molar-refractivity contribution in [3.63, 3.8) is 0 Å². The summed E-state index contributed by atoms with van der Waals surface area (Å²) < 4.78 is 5.06.